The van der Waals surface area contributed by atoms with Crippen molar-refractivity contribution >= 4 is 135 Å². The van der Waals surface area contributed by atoms with Gasteiger partial charge in [0.05, 0.1) is 22.3 Å². The van der Waals surface area contributed by atoms with Gasteiger partial charge in [0.15, 0.2) is 0 Å². The Kier molecular flexibility index (Phi) is 22.0. The highest BCUT2D eigenvalue weighted by Gasteiger charge is 2.43. The molecule has 0 unspecified atom stereocenters. The molecule has 15 rings (SSSR count). The first kappa shape index (κ1) is 78.2. The molecule has 6 N–H and O–H groups in total. The van der Waals surface area contributed by atoms with E-state index in [1.807, 2.05) is 109 Å². The van der Waals surface area contributed by atoms with Crippen LogP contribution in [0.3, 0.4) is 0 Å². The zero-order valence-corrected chi connectivity index (χ0v) is 65.1. The van der Waals surface area contributed by atoms with Crippen LogP contribution in [0, 0.1) is 0 Å². The maximum absolute atomic E-state index is 16.1. The molecule has 22 nitrogen and oxygen atoms in total. The molecule has 0 saturated heterocycles. The van der Waals surface area contributed by atoms with Gasteiger partial charge in [0.2, 0.25) is 35.4 Å². The molecule has 22 heteroatoms. The van der Waals surface area contributed by atoms with E-state index < -0.39 is 48.5 Å². The number of imide groups is 2. The van der Waals surface area contributed by atoms with Crippen molar-refractivity contribution in [3.05, 3.63) is 299 Å². The van der Waals surface area contributed by atoms with Gasteiger partial charge in [0, 0.05) is 114 Å². The second kappa shape index (κ2) is 33.2. The van der Waals surface area contributed by atoms with E-state index in [-0.39, 0.29) is 161 Å². The number of benzene rings is 13. The van der Waals surface area contributed by atoms with Gasteiger partial charge in [-0.05, 0) is 171 Å². The minimum atomic E-state index is -0.882. The average Bonchev–Trinajstić information content (AvgIpc) is 0.671. The molecule has 0 atom stereocenters. The van der Waals surface area contributed by atoms with Crippen molar-refractivity contribution in [1.29, 1.82) is 0 Å². The van der Waals surface area contributed by atoms with Gasteiger partial charge >= 0.3 is 0 Å². The van der Waals surface area contributed by atoms with Crippen LogP contribution in [0.15, 0.2) is 255 Å². The van der Waals surface area contributed by atoms with Gasteiger partial charge in [-0.3, -0.25) is 57.7 Å². The third-order valence-corrected chi connectivity index (χ3v) is 20.7. The number of anilines is 2. The Bertz CT molecular complexity index is 5750. The second-order valence-electron chi connectivity index (χ2n) is 29.4. The summed E-state index contributed by atoms with van der Waals surface area (Å²) in [6.07, 6.45) is 1.64. The molecule has 2 heterocycles. The van der Waals surface area contributed by atoms with E-state index in [0.29, 0.717) is 70.1 Å². The van der Waals surface area contributed by atoms with Crippen molar-refractivity contribution in [3.63, 3.8) is 0 Å². The number of amides is 10. The number of fused-ring (bicyclic) bond motifs is 4. The summed E-state index contributed by atoms with van der Waals surface area (Å²) in [6, 6.07) is 59.9. The van der Waals surface area contributed by atoms with Crippen LogP contribution in [0.25, 0.3) is 64.6 Å². The summed E-state index contributed by atoms with van der Waals surface area (Å²) in [6.45, 7) is 21.1. The van der Waals surface area contributed by atoms with Crippen LogP contribution in [0.4, 0.5) is 11.4 Å². The van der Waals surface area contributed by atoms with E-state index >= 15 is 19.2 Å². The number of hydrogen-bond acceptors (Lipinski definition) is 14. The Morgan fingerprint density at radius 3 is 0.805 bits per heavy atom. The fourth-order valence-corrected chi connectivity index (χ4v) is 14.8. The molecule has 0 radical (unpaired) electrons. The van der Waals surface area contributed by atoms with Crippen molar-refractivity contribution in [2.24, 2.45) is 0 Å². The summed E-state index contributed by atoms with van der Waals surface area (Å²) in [4.78, 5) is 146. The predicted octanol–water partition coefficient (Wildman–Crippen LogP) is 16.6. The Balaban J connectivity index is 0.998. The first-order valence-corrected chi connectivity index (χ1v) is 38.4. The molecule has 0 aromatic heterocycles. The van der Waals surface area contributed by atoms with Gasteiger partial charge in [0.1, 0.15) is 59.1 Å². The number of carbonyl (C=O) groups excluding carboxylic acids is 10. The maximum atomic E-state index is 16.1. The summed E-state index contributed by atoms with van der Waals surface area (Å²) >= 11 is 0. The molecule has 0 spiro atoms. The van der Waals surface area contributed by atoms with Gasteiger partial charge in [-0.2, -0.15) is 0 Å². The van der Waals surface area contributed by atoms with E-state index in [4.69, 9.17) is 18.9 Å². The summed E-state index contributed by atoms with van der Waals surface area (Å²) < 4.78 is 29.0. The Morgan fingerprint density at radius 1 is 0.305 bits per heavy atom. The van der Waals surface area contributed by atoms with Crippen LogP contribution in [0.2, 0.25) is 0 Å². The molecule has 0 saturated carbocycles. The molecule has 0 bridgehead atoms. The minimum Gasteiger partial charge on any atom is -0.457 e. The van der Waals surface area contributed by atoms with E-state index in [2.05, 4.69) is 58.2 Å². The number of ether oxygens (including phenoxy) is 4. The van der Waals surface area contributed by atoms with E-state index in [9.17, 15) is 28.8 Å². The lowest BCUT2D eigenvalue weighted by molar-refractivity contribution is -0.118. The third-order valence-electron chi connectivity index (χ3n) is 20.7. The Labute approximate surface area is 678 Å². The predicted molar refractivity (Wildman–Crippen MR) is 456 cm³/mol. The van der Waals surface area contributed by atoms with Crippen molar-refractivity contribution < 1.29 is 66.9 Å². The van der Waals surface area contributed by atoms with Crippen LogP contribution < -0.4 is 50.8 Å². The van der Waals surface area contributed by atoms with Gasteiger partial charge in [-0.25, -0.2) is 0 Å². The quantitative estimate of drug-likeness (QED) is 0.0106. The fraction of sp³-hybridized carbons (Fsp3) is 0.146. The smallest absolute Gasteiger partial charge is 0.262 e. The molecule has 0 fully saturated rings. The summed E-state index contributed by atoms with van der Waals surface area (Å²) in [5.41, 5.74) is 5.13. The molecule has 10 amide bonds. The van der Waals surface area contributed by atoms with Crippen LogP contribution in [0.5, 0.6) is 46.0 Å². The van der Waals surface area contributed by atoms with Gasteiger partial charge < -0.3 is 50.8 Å². The summed E-state index contributed by atoms with van der Waals surface area (Å²) in [5.74, 6) is -5.32. The van der Waals surface area contributed by atoms with Crippen LogP contribution in [0.1, 0.15) is 91.4 Å². The summed E-state index contributed by atoms with van der Waals surface area (Å²) in [7, 11) is 0. The van der Waals surface area contributed by atoms with Crippen molar-refractivity contribution in [2.45, 2.75) is 53.4 Å². The third kappa shape index (κ3) is 16.0. The van der Waals surface area contributed by atoms with E-state index in [0.717, 1.165) is 42.8 Å². The maximum Gasteiger partial charge on any atom is 0.262 e. The van der Waals surface area contributed by atoms with E-state index in [1.54, 1.807) is 100 Å². The molecule has 2 aliphatic rings. The largest absolute Gasteiger partial charge is 0.457 e. The zero-order valence-electron chi connectivity index (χ0n) is 65.1. The molecule has 2 aliphatic heterocycles. The molecule has 13 aromatic rings. The standard InChI is InChI=1S/C96H80N8O14/c1-53(2)89(107)97-43-39-57-23-31-63(32-24-57)115-75-47-69-81-70(94(112)103(93(69)111)51-79(105)101-73-21-13-17-61-15-9-11-19-67(61)73)49-77(117-65-35-27-59(28-36-65)41-45-99-91(109)55(5)6)85-86-78(118-66-37-29-60(30-38-66)42-46-100-92(110)56(7)8)50-72-82-71(95(113)104(96(72)114)52-80(106)102-74-22-14-18-62-16-10-12-20-68(62)74)48-76(84(88(82)86)83(75)87(81)85)116-64-33-25-58(26-34-64)40-44-98-90(108)54(3)4/h9-38,47-50H,1,3,5,7,39-46,51-52H2,2,4,6,8H3,(H,97,107)(H,98,108)(H,99,109)(H,100,110)(H,101,105)(H,102,106). The highest BCUT2D eigenvalue weighted by Crippen LogP contribution is 2.58. The first-order chi connectivity index (χ1) is 56.9. The highest BCUT2D eigenvalue weighted by molar-refractivity contribution is 6.45. The van der Waals surface area contributed by atoms with Gasteiger partial charge in [-0.1, -0.05) is 148 Å². The molecule has 118 heavy (non-hydrogen) atoms. The lowest BCUT2D eigenvalue weighted by Gasteiger charge is -2.32. The van der Waals surface area contributed by atoms with Crippen molar-refractivity contribution in [2.75, 3.05) is 49.9 Å². The number of nitrogens with zero attached hydrogens (tertiary/aromatic N) is 2. The lowest BCUT2D eigenvalue weighted by atomic mass is 9.80. The molecule has 588 valence electrons. The number of hydrogen-bond donors (Lipinski definition) is 6. The second-order valence-corrected chi connectivity index (χ2v) is 29.4. The van der Waals surface area contributed by atoms with Crippen molar-refractivity contribution in [3.8, 4) is 46.0 Å². The minimum absolute atomic E-state index is 0.0275. The highest BCUT2D eigenvalue weighted by atomic mass is 16.5. The Morgan fingerprint density at radius 2 is 0.551 bits per heavy atom. The average molecular weight is 1570 g/mol. The Hall–Kier alpha value is -15.1. The van der Waals surface area contributed by atoms with Crippen molar-refractivity contribution in [1.82, 2.24) is 31.1 Å². The van der Waals surface area contributed by atoms with Gasteiger partial charge in [-0.15, -0.1) is 0 Å². The zero-order chi connectivity index (χ0) is 82.7. The molecule has 13 aromatic carbocycles. The summed E-state index contributed by atoms with van der Waals surface area (Å²) in [5, 5.41) is 21.7. The van der Waals surface area contributed by atoms with Gasteiger partial charge in [0.25, 0.3) is 23.6 Å². The molecular weight excluding hydrogens is 1490 g/mol. The number of rotatable bonds is 30. The molecular formula is C96H80N8O14. The monoisotopic (exact) mass is 1570 g/mol. The lowest BCUT2D eigenvalue weighted by Crippen LogP contribution is -2.45. The fourth-order valence-electron chi connectivity index (χ4n) is 14.8. The topological polar surface area (TPSA) is 286 Å². The van der Waals surface area contributed by atoms with E-state index in [1.165, 1.54) is 24.3 Å². The van der Waals surface area contributed by atoms with Crippen LogP contribution in [-0.4, -0.2) is 108 Å². The first-order valence-electron chi connectivity index (χ1n) is 38.4. The normalized spacial score (nSPS) is 12.3. The SMILES string of the molecule is C=C(C)C(=O)NCCc1ccc(Oc2cc3c4c(cc(Oc5ccc(CCNC(=O)C(=C)C)cc5)c5c6c(Oc7ccc(CCNC(=O)C(=C)C)cc7)cc7c8c(cc(Oc9ccc(CCNC(=O)C(=C)C)cc9)c(c2c45)c86)C(=O)N(CC(=O)Nc2cccc4ccccc24)C7=O)C(=O)N(CC(=O)Nc2cccc4ccccc24)C3=O)cc1. The number of carbonyl (C=O) groups is 10. The van der Waals surface area contributed by atoms with Crippen LogP contribution >= 0.6 is 0 Å². The van der Waals surface area contributed by atoms with Crippen LogP contribution in [-0.2, 0) is 54.5 Å². The number of nitrogens with one attached hydrogen (secondary N) is 6. The molecule has 0 aliphatic carbocycles.